The maximum absolute atomic E-state index is 12.9. The van der Waals surface area contributed by atoms with Crippen LogP contribution in [0, 0.1) is 5.82 Å². The molecule has 5 nitrogen and oxygen atoms in total. The number of rotatable bonds is 6. The molecule has 0 bridgehead atoms. The zero-order chi connectivity index (χ0) is 17.6. The minimum absolute atomic E-state index is 0.242. The van der Waals surface area contributed by atoms with E-state index in [2.05, 4.69) is 25.8 Å². The third-order valence-electron chi connectivity index (χ3n) is 3.37. The molecular formula is C17H14Cl2FN5. The Bertz CT molecular complexity index is 858. The first-order chi connectivity index (χ1) is 12.1. The van der Waals surface area contributed by atoms with Gasteiger partial charge in [0.05, 0.1) is 16.9 Å². The normalized spacial score (nSPS) is 10.5. The highest BCUT2D eigenvalue weighted by molar-refractivity contribution is 6.36. The van der Waals surface area contributed by atoms with Gasteiger partial charge in [0, 0.05) is 11.6 Å². The smallest absolute Gasteiger partial charge is 0.249 e. The molecule has 0 saturated heterocycles. The van der Waals surface area contributed by atoms with Crippen LogP contribution in [0.5, 0.6) is 0 Å². The Hall–Kier alpha value is -2.44. The van der Waals surface area contributed by atoms with Crippen molar-refractivity contribution in [2.75, 3.05) is 17.2 Å². The van der Waals surface area contributed by atoms with Crippen LogP contribution in [0.1, 0.15) is 5.56 Å². The van der Waals surface area contributed by atoms with Crippen molar-refractivity contribution >= 4 is 40.7 Å². The molecule has 128 valence electrons. The Morgan fingerprint density at radius 3 is 2.60 bits per heavy atom. The fourth-order valence-electron chi connectivity index (χ4n) is 2.14. The van der Waals surface area contributed by atoms with Crippen molar-refractivity contribution in [1.82, 2.24) is 15.2 Å². The topological polar surface area (TPSA) is 62.7 Å². The average molecular weight is 378 g/mol. The molecule has 0 aliphatic heterocycles. The highest BCUT2D eigenvalue weighted by Crippen LogP contribution is 2.27. The van der Waals surface area contributed by atoms with Crippen LogP contribution >= 0.6 is 23.2 Å². The van der Waals surface area contributed by atoms with Crippen LogP contribution in [-0.4, -0.2) is 21.7 Å². The van der Waals surface area contributed by atoms with Crippen LogP contribution in [0.25, 0.3) is 0 Å². The summed E-state index contributed by atoms with van der Waals surface area (Å²) in [6.45, 7) is 0.630. The molecular weight excluding hydrogens is 364 g/mol. The molecule has 0 unspecified atom stereocenters. The predicted molar refractivity (Wildman–Crippen MR) is 98.2 cm³/mol. The molecule has 0 amide bonds. The molecule has 8 heteroatoms. The van der Waals surface area contributed by atoms with Gasteiger partial charge in [-0.1, -0.05) is 35.3 Å². The van der Waals surface area contributed by atoms with E-state index in [1.807, 2.05) is 0 Å². The zero-order valence-corrected chi connectivity index (χ0v) is 14.5. The molecule has 0 spiro atoms. The zero-order valence-electron chi connectivity index (χ0n) is 13.0. The van der Waals surface area contributed by atoms with E-state index in [1.165, 1.54) is 18.3 Å². The molecule has 2 aromatic carbocycles. The molecule has 0 aliphatic rings. The summed E-state index contributed by atoms with van der Waals surface area (Å²) in [7, 11) is 0. The van der Waals surface area contributed by atoms with E-state index in [9.17, 15) is 4.39 Å². The van der Waals surface area contributed by atoms with Gasteiger partial charge in [-0.2, -0.15) is 10.1 Å². The van der Waals surface area contributed by atoms with Crippen LogP contribution in [0.3, 0.4) is 0 Å². The van der Waals surface area contributed by atoms with Gasteiger partial charge in [0.2, 0.25) is 5.95 Å². The first-order valence-corrected chi connectivity index (χ1v) is 8.26. The summed E-state index contributed by atoms with van der Waals surface area (Å²) >= 11 is 12.0. The lowest BCUT2D eigenvalue weighted by atomic mass is 10.1. The molecule has 25 heavy (non-hydrogen) atoms. The lowest BCUT2D eigenvalue weighted by Crippen LogP contribution is -2.09. The summed E-state index contributed by atoms with van der Waals surface area (Å²) in [6, 6.07) is 11.5. The number of hydrogen-bond acceptors (Lipinski definition) is 5. The second kappa shape index (κ2) is 8.09. The molecule has 0 fully saturated rings. The molecule has 0 atom stereocenters. The van der Waals surface area contributed by atoms with E-state index < -0.39 is 0 Å². The second-order valence-electron chi connectivity index (χ2n) is 5.22. The Morgan fingerprint density at radius 1 is 1.04 bits per heavy atom. The first kappa shape index (κ1) is 17.4. The minimum atomic E-state index is -0.242. The van der Waals surface area contributed by atoms with E-state index in [0.29, 0.717) is 34.0 Å². The van der Waals surface area contributed by atoms with Crippen LogP contribution in [0.4, 0.5) is 21.8 Å². The van der Waals surface area contributed by atoms with Crippen LogP contribution in [-0.2, 0) is 6.42 Å². The van der Waals surface area contributed by atoms with Crippen LogP contribution < -0.4 is 10.6 Å². The van der Waals surface area contributed by atoms with Crippen molar-refractivity contribution in [3.05, 3.63) is 70.1 Å². The monoisotopic (exact) mass is 377 g/mol. The van der Waals surface area contributed by atoms with Crippen molar-refractivity contribution in [3.8, 4) is 0 Å². The summed E-state index contributed by atoms with van der Waals surface area (Å²) in [4.78, 5) is 4.33. The number of nitrogens with one attached hydrogen (secondary N) is 2. The quantitative estimate of drug-likeness (QED) is 0.650. The highest BCUT2D eigenvalue weighted by Gasteiger charge is 2.05. The van der Waals surface area contributed by atoms with Gasteiger partial charge in [0.15, 0.2) is 5.82 Å². The largest absolute Gasteiger partial charge is 0.368 e. The van der Waals surface area contributed by atoms with Crippen LogP contribution in [0.2, 0.25) is 10.0 Å². The van der Waals surface area contributed by atoms with Gasteiger partial charge in [-0.15, -0.1) is 5.10 Å². The van der Waals surface area contributed by atoms with Crippen LogP contribution in [0.15, 0.2) is 48.7 Å². The fraction of sp³-hybridized carbons (Fsp3) is 0.118. The lowest BCUT2D eigenvalue weighted by molar-refractivity contribution is 0.627. The van der Waals surface area contributed by atoms with Gasteiger partial charge in [0.25, 0.3) is 0 Å². The van der Waals surface area contributed by atoms with Gasteiger partial charge in [-0.3, -0.25) is 0 Å². The van der Waals surface area contributed by atoms with Gasteiger partial charge < -0.3 is 10.6 Å². The van der Waals surface area contributed by atoms with Crippen molar-refractivity contribution in [1.29, 1.82) is 0 Å². The number of hydrogen-bond donors (Lipinski definition) is 2. The van der Waals surface area contributed by atoms with E-state index in [0.717, 1.165) is 12.0 Å². The Labute approximate surface area is 154 Å². The molecule has 0 saturated carbocycles. The Balaban J connectivity index is 1.60. The number of aromatic nitrogens is 3. The molecule has 0 aliphatic carbocycles. The molecule has 1 aromatic heterocycles. The second-order valence-corrected chi connectivity index (χ2v) is 6.06. The van der Waals surface area contributed by atoms with Gasteiger partial charge >= 0.3 is 0 Å². The predicted octanol–water partition coefficient (Wildman–Crippen LogP) is 4.72. The molecule has 1 heterocycles. The summed E-state index contributed by atoms with van der Waals surface area (Å²) in [6.07, 6.45) is 2.26. The Kier molecular flexibility index (Phi) is 5.63. The summed E-state index contributed by atoms with van der Waals surface area (Å²) < 4.78 is 12.9. The maximum Gasteiger partial charge on any atom is 0.249 e. The first-order valence-electron chi connectivity index (χ1n) is 7.50. The van der Waals surface area contributed by atoms with E-state index in [4.69, 9.17) is 23.2 Å². The number of halogens is 3. The number of anilines is 3. The van der Waals surface area contributed by atoms with Gasteiger partial charge in [-0.05, 0) is 42.3 Å². The minimum Gasteiger partial charge on any atom is -0.368 e. The van der Waals surface area contributed by atoms with Crippen molar-refractivity contribution in [2.24, 2.45) is 0 Å². The molecule has 0 radical (unpaired) electrons. The van der Waals surface area contributed by atoms with Crippen molar-refractivity contribution < 1.29 is 4.39 Å². The van der Waals surface area contributed by atoms with Gasteiger partial charge in [-0.25, -0.2) is 4.39 Å². The lowest BCUT2D eigenvalue weighted by Gasteiger charge is -2.09. The molecule has 3 aromatic rings. The third-order valence-corrected chi connectivity index (χ3v) is 3.92. The van der Waals surface area contributed by atoms with E-state index >= 15 is 0 Å². The highest BCUT2D eigenvalue weighted by atomic mass is 35.5. The summed E-state index contributed by atoms with van der Waals surface area (Å²) in [5.74, 6) is 0.647. The van der Waals surface area contributed by atoms with Crippen molar-refractivity contribution in [2.45, 2.75) is 6.42 Å². The number of nitrogens with zero attached hydrogens (tertiary/aromatic N) is 3. The van der Waals surface area contributed by atoms with Gasteiger partial charge in [0.1, 0.15) is 5.82 Å². The third kappa shape index (κ3) is 5.01. The molecule has 2 N–H and O–H groups in total. The SMILES string of the molecule is Fc1ccc(CCNc2cnnc(Nc3ccc(Cl)cc3Cl)n2)cc1. The van der Waals surface area contributed by atoms with Crippen molar-refractivity contribution in [3.63, 3.8) is 0 Å². The Morgan fingerprint density at radius 2 is 1.84 bits per heavy atom. The average Bonchev–Trinajstić information content (AvgIpc) is 2.60. The van der Waals surface area contributed by atoms with E-state index in [-0.39, 0.29) is 5.82 Å². The maximum atomic E-state index is 12.9. The number of benzene rings is 2. The summed E-state index contributed by atoms with van der Waals surface area (Å²) in [5, 5.41) is 15.0. The molecule has 3 rings (SSSR count). The standard InChI is InChI=1S/C17H14Cl2FN5/c18-12-3-6-15(14(19)9-12)23-17-24-16(10-22-25-17)21-8-7-11-1-4-13(20)5-2-11/h1-6,9-10H,7-8H2,(H2,21,23,24,25). The fourth-order valence-corrected chi connectivity index (χ4v) is 2.59. The van der Waals surface area contributed by atoms with E-state index in [1.54, 1.807) is 30.3 Å². The summed E-state index contributed by atoms with van der Waals surface area (Å²) in [5.41, 5.74) is 1.67.